The van der Waals surface area contributed by atoms with Crippen LogP contribution in [0.15, 0.2) is 18.2 Å². The Labute approximate surface area is 115 Å². The van der Waals surface area contributed by atoms with Gasteiger partial charge in [0.1, 0.15) is 5.82 Å². The SMILES string of the molecule is CN(C)C(=O)CCNC(=O)Nc1ccc(Cl)c(F)c1. The summed E-state index contributed by atoms with van der Waals surface area (Å²) >= 11 is 5.52. The maximum atomic E-state index is 13.1. The van der Waals surface area contributed by atoms with Crippen molar-refractivity contribution in [2.45, 2.75) is 6.42 Å². The zero-order chi connectivity index (χ0) is 14.4. The van der Waals surface area contributed by atoms with Crippen molar-refractivity contribution in [2.75, 3.05) is 26.0 Å². The molecule has 0 saturated carbocycles. The Morgan fingerprint density at radius 2 is 2.05 bits per heavy atom. The number of carbonyl (C=O) groups excluding carboxylic acids is 2. The molecule has 0 aliphatic heterocycles. The van der Waals surface area contributed by atoms with Crippen molar-refractivity contribution in [3.05, 3.63) is 29.0 Å². The van der Waals surface area contributed by atoms with Gasteiger partial charge in [0, 0.05) is 32.7 Å². The fourth-order valence-electron chi connectivity index (χ4n) is 1.26. The van der Waals surface area contributed by atoms with Gasteiger partial charge < -0.3 is 15.5 Å². The standard InChI is InChI=1S/C12H15ClFN3O2/c1-17(2)11(18)5-6-15-12(19)16-8-3-4-9(13)10(14)7-8/h3-4,7H,5-6H2,1-2H3,(H2,15,16,19). The molecule has 104 valence electrons. The maximum absolute atomic E-state index is 13.1. The number of amides is 3. The topological polar surface area (TPSA) is 61.4 Å². The average Bonchev–Trinajstić information content (AvgIpc) is 2.33. The molecule has 3 amide bonds. The lowest BCUT2D eigenvalue weighted by Crippen LogP contribution is -2.33. The van der Waals surface area contributed by atoms with E-state index in [1.54, 1.807) is 14.1 Å². The molecule has 0 heterocycles. The third kappa shape index (κ3) is 5.13. The highest BCUT2D eigenvalue weighted by molar-refractivity contribution is 6.30. The molecule has 0 atom stereocenters. The van der Waals surface area contributed by atoms with Gasteiger partial charge in [-0.15, -0.1) is 0 Å². The first-order valence-electron chi connectivity index (χ1n) is 5.60. The molecule has 1 aromatic carbocycles. The number of urea groups is 1. The fourth-order valence-corrected chi connectivity index (χ4v) is 1.37. The zero-order valence-electron chi connectivity index (χ0n) is 10.7. The van der Waals surface area contributed by atoms with E-state index in [-0.39, 0.29) is 23.9 Å². The van der Waals surface area contributed by atoms with Crippen molar-refractivity contribution in [3.8, 4) is 0 Å². The van der Waals surface area contributed by atoms with Crippen LogP contribution in [0.5, 0.6) is 0 Å². The van der Waals surface area contributed by atoms with E-state index in [9.17, 15) is 14.0 Å². The molecule has 5 nitrogen and oxygen atoms in total. The number of benzene rings is 1. The first kappa shape index (κ1) is 15.2. The number of halogens is 2. The highest BCUT2D eigenvalue weighted by Gasteiger charge is 2.07. The van der Waals surface area contributed by atoms with Gasteiger partial charge in [0.25, 0.3) is 0 Å². The Morgan fingerprint density at radius 3 is 2.63 bits per heavy atom. The summed E-state index contributed by atoms with van der Waals surface area (Å²) in [6.07, 6.45) is 0.204. The summed E-state index contributed by atoms with van der Waals surface area (Å²) in [6.45, 7) is 0.207. The second-order valence-corrected chi connectivity index (χ2v) is 4.46. The minimum atomic E-state index is -0.609. The molecule has 0 radical (unpaired) electrons. The van der Waals surface area contributed by atoms with Crippen molar-refractivity contribution in [1.82, 2.24) is 10.2 Å². The molecule has 0 spiro atoms. The third-order valence-corrected chi connectivity index (χ3v) is 2.61. The van der Waals surface area contributed by atoms with Crippen LogP contribution in [-0.2, 0) is 4.79 Å². The van der Waals surface area contributed by atoms with Gasteiger partial charge >= 0.3 is 6.03 Å². The van der Waals surface area contributed by atoms with E-state index in [1.807, 2.05) is 0 Å². The quantitative estimate of drug-likeness (QED) is 0.891. The summed E-state index contributed by atoms with van der Waals surface area (Å²) in [5.41, 5.74) is 0.290. The Balaban J connectivity index is 2.39. The highest BCUT2D eigenvalue weighted by atomic mass is 35.5. The van der Waals surface area contributed by atoms with Crippen LogP contribution < -0.4 is 10.6 Å². The van der Waals surface area contributed by atoms with Crippen LogP contribution in [0, 0.1) is 5.82 Å². The Bertz CT molecular complexity index is 480. The van der Waals surface area contributed by atoms with Gasteiger partial charge in [-0.3, -0.25) is 4.79 Å². The maximum Gasteiger partial charge on any atom is 0.319 e. The molecule has 2 N–H and O–H groups in total. The van der Waals surface area contributed by atoms with Gasteiger partial charge in [0.15, 0.2) is 0 Å². The van der Waals surface area contributed by atoms with E-state index >= 15 is 0 Å². The Hall–Kier alpha value is -1.82. The molecule has 0 aromatic heterocycles. The smallest absolute Gasteiger partial charge is 0.319 e. The van der Waals surface area contributed by atoms with Crippen molar-refractivity contribution < 1.29 is 14.0 Å². The van der Waals surface area contributed by atoms with E-state index in [1.165, 1.54) is 17.0 Å². The molecule has 1 rings (SSSR count). The Kier molecular flexibility index (Phi) is 5.57. The summed E-state index contributed by atoms with van der Waals surface area (Å²) in [5.74, 6) is -0.694. The first-order chi connectivity index (χ1) is 8.90. The number of nitrogens with zero attached hydrogens (tertiary/aromatic N) is 1. The molecule has 0 aliphatic carbocycles. The van der Waals surface area contributed by atoms with Gasteiger partial charge in [-0.1, -0.05) is 11.6 Å². The summed E-state index contributed by atoms with van der Waals surface area (Å²) < 4.78 is 13.1. The predicted octanol–water partition coefficient (Wildman–Crippen LogP) is 2.08. The summed E-state index contributed by atoms with van der Waals surface area (Å²) in [5, 5.41) is 4.93. The molecule has 1 aromatic rings. The van der Waals surface area contributed by atoms with Gasteiger partial charge in [-0.2, -0.15) is 0 Å². The predicted molar refractivity (Wildman–Crippen MR) is 71.7 cm³/mol. The van der Waals surface area contributed by atoms with Crippen LogP contribution >= 0.6 is 11.6 Å². The van der Waals surface area contributed by atoms with Crippen molar-refractivity contribution in [2.24, 2.45) is 0 Å². The van der Waals surface area contributed by atoms with Crippen LogP contribution in [0.25, 0.3) is 0 Å². The average molecular weight is 288 g/mol. The van der Waals surface area contributed by atoms with E-state index in [2.05, 4.69) is 10.6 Å². The molecule has 0 bridgehead atoms. The van der Waals surface area contributed by atoms with Crippen LogP contribution in [-0.4, -0.2) is 37.5 Å². The minimum Gasteiger partial charge on any atom is -0.349 e. The summed E-state index contributed by atoms with van der Waals surface area (Å²) in [4.78, 5) is 24.2. The van der Waals surface area contributed by atoms with Crippen molar-refractivity contribution in [1.29, 1.82) is 0 Å². The lowest BCUT2D eigenvalue weighted by Gasteiger charge is -2.11. The van der Waals surface area contributed by atoms with Crippen molar-refractivity contribution in [3.63, 3.8) is 0 Å². The number of anilines is 1. The second kappa shape index (κ2) is 6.94. The van der Waals surface area contributed by atoms with Crippen LogP contribution in [0.2, 0.25) is 5.02 Å². The zero-order valence-corrected chi connectivity index (χ0v) is 11.4. The number of carbonyl (C=O) groups is 2. The normalized spacial score (nSPS) is 9.89. The van der Waals surface area contributed by atoms with E-state index < -0.39 is 11.8 Å². The molecule has 0 unspecified atom stereocenters. The fraction of sp³-hybridized carbons (Fsp3) is 0.333. The molecular formula is C12H15ClFN3O2. The van der Waals surface area contributed by atoms with Crippen LogP contribution in [0.3, 0.4) is 0 Å². The molecule has 7 heteroatoms. The third-order valence-electron chi connectivity index (χ3n) is 2.30. The number of nitrogens with one attached hydrogen (secondary N) is 2. The van der Waals surface area contributed by atoms with Gasteiger partial charge in [-0.25, -0.2) is 9.18 Å². The lowest BCUT2D eigenvalue weighted by molar-refractivity contribution is -0.128. The number of rotatable bonds is 4. The summed E-state index contributed by atoms with van der Waals surface area (Å²) in [7, 11) is 3.28. The van der Waals surface area contributed by atoms with E-state index in [4.69, 9.17) is 11.6 Å². The molecular weight excluding hydrogens is 273 g/mol. The van der Waals surface area contributed by atoms with Crippen LogP contribution in [0.4, 0.5) is 14.9 Å². The molecule has 19 heavy (non-hydrogen) atoms. The minimum absolute atomic E-state index is 0.0115. The molecule has 0 saturated heterocycles. The van der Waals surface area contributed by atoms with E-state index in [0.29, 0.717) is 5.69 Å². The highest BCUT2D eigenvalue weighted by Crippen LogP contribution is 2.18. The number of hydrogen-bond acceptors (Lipinski definition) is 2. The van der Waals surface area contributed by atoms with Crippen molar-refractivity contribution >= 4 is 29.2 Å². The van der Waals surface area contributed by atoms with Gasteiger partial charge in [0.05, 0.1) is 5.02 Å². The molecule has 0 fully saturated rings. The van der Waals surface area contributed by atoms with Gasteiger partial charge in [0.2, 0.25) is 5.91 Å². The Morgan fingerprint density at radius 1 is 1.37 bits per heavy atom. The first-order valence-corrected chi connectivity index (χ1v) is 5.98. The largest absolute Gasteiger partial charge is 0.349 e. The summed E-state index contributed by atoms with van der Waals surface area (Å²) in [6, 6.07) is 3.44. The molecule has 0 aliphatic rings. The van der Waals surface area contributed by atoms with Gasteiger partial charge in [-0.05, 0) is 18.2 Å². The second-order valence-electron chi connectivity index (χ2n) is 4.05. The number of hydrogen-bond donors (Lipinski definition) is 2. The van der Waals surface area contributed by atoms with Crippen LogP contribution in [0.1, 0.15) is 6.42 Å². The van der Waals surface area contributed by atoms with E-state index in [0.717, 1.165) is 6.07 Å². The monoisotopic (exact) mass is 287 g/mol. The lowest BCUT2D eigenvalue weighted by atomic mass is 10.3.